The van der Waals surface area contributed by atoms with Gasteiger partial charge >= 0.3 is 0 Å². The molecule has 94 valence electrons. The number of aliphatic hydroxyl groups excluding tert-OH is 1. The van der Waals surface area contributed by atoms with Crippen LogP contribution in [0, 0.1) is 5.92 Å². The summed E-state index contributed by atoms with van der Waals surface area (Å²) in [5.74, 6) is 0.664. The molecule has 1 fully saturated rings. The molecule has 16 heavy (non-hydrogen) atoms. The molecule has 1 aliphatic rings. The first-order valence-electron chi connectivity index (χ1n) is 6.68. The van der Waals surface area contributed by atoms with Gasteiger partial charge in [-0.05, 0) is 45.1 Å². The van der Waals surface area contributed by atoms with Gasteiger partial charge in [0.05, 0.1) is 0 Å². The summed E-state index contributed by atoms with van der Waals surface area (Å²) in [5, 5.41) is 9.12. The highest BCUT2D eigenvalue weighted by molar-refractivity contribution is 4.85. The molecular weight excluding hydrogens is 198 g/mol. The van der Waals surface area contributed by atoms with E-state index in [0.29, 0.717) is 24.6 Å². The van der Waals surface area contributed by atoms with Crippen molar-refractivity contribution in [1.29, 1.82) is 0 Å². The summed E-state index contributed by atoms with van der Waals surface area (Å²) in [5.41, 5.74) is 0. The van der Waals surface area contributed by atoms with E-state index in [2.05, 4.69) is 25.3 Å². The third-order valence-electron chi connectivity index (χ3n) is 4.02. The summed E-state index contributed by atoms with van der Waals surface area (Å²) >= 11 is 0. The molecule has 0 aromatic rings. The van der Waals surface area contributed by atoms with Gasteiger partial charge in [-0.25, -0.2) is 0 Å². The Kier molecular flexibility index (Phi) is 6.07. The van der Waals surface area contributed by atoms with Gasteiger partial charge in [0, 0.05) is 18.7 Å². The van der Waals surface area contributed by atoms with Crippen molar-refractivity contribution in [3.63, 3.8) is 0 Å². The molecule has 0 spiro atoms. The molecule has 0 saturated carbocycles. The van der Waals surface area contributed by atoms with Crippen LogP contribution in [0.4, 0.5) is 0 Å². The SMILES string of the molecule is C=CCC(C)C(C)N1CCCCC1CCO. The fourth-order valence-electron chi connectivity index (χ4n) is 2.80. The highest BCUT2D eigenvalue weighted by Crippen LogP contribution is 2.26. The monoisotopic (exact) mass is 225 g/mol. The van der Waals surface area contributed by atoms with E-state index >= 15 is 0 Å². The number of allylic oxidation sites excluding steroid dienone is 1. The molecule has 2 heteroatoms. The number of rotatable bonds is 6. The molecule has 0 amide bonds. The molecule has 0 aromatic carbocycles. The number of nitrogens with zero attached hydrogens (tertiary/aromatic N) is 1. The number of hydrogen-bond acceptors (Lipinski definition) is 2. The molecule has 2 nitrogen and oxygen atoms in total. The quantitative estimate of drug-likeness (QED) is 0.703. The van der Waals surface area contributed by atoms with E-state index in [1.54, 1.807) is 0 Å². The van der Waals surface area contributed by atoms with E-state index in [9.17, 15) is 0 Å². The zero-order chi connectivity index (χ0) is 12.0. The molecule has 1 heterocycles. The summed E-state index contributed by atoms with van der Waals surface area (Å²) < 4.78 is 0. The average Bonchev–Trinajstić information content (AvgIpc) is 2.29. The van der Waals surface area contributed by atoms with Gasteiger partial charge < -0.3 is 5.11 Å². The number of likely N-dealkylation sites (tertiary alicyclic amines) is 1. The fraction of sp³-hybridized carbons (Fsp3) is 0.857. The van der Waals surface area contributed by atoms with E-state index in [1.165, 1.54) is 25.8 Å². The summed E-state index contributed by atoms with van der Waals surface area (Å²) in [7, 11) is 0. The molecule has 0 aromatic heterocycles. The van der Waals surface area contributed by atoms with E-state index < -0.39 is 0 Å². The first-order valence-corrected chi connectivity index (χ1v) is 6.68. The molecule has 1 N–H and O–H groups in total. The van der Waals surface area contributed by atoms with Crippen LogP contribution < -0.4 is 0 Å². The van der Waals surface area contributed by atoms with Gasteiger partial charge in [0.2, 0.25) is 0 Å². The van der Waals surface area contributed by atoms with Gasteiger partial charge in [-0.1, -0.05) is 19.4 Å². The predicted molar refractivity (Wildman–Crippen MR) is 69.5 cm³/mol. The highest BCUT2D eigenvalue weighted by atomic mass is 16.3. The normalized spacial score (nSPS) is 26.3. The standard InChI is InChI=1S/C14H27NO/c1-4-7-12(2)13(3)15-10-6-5-8-14(15)9-11-16/h4,12-14,16H,1,5-11H2,2-3H3. The van der Waals surface area contributed by atoms with Crippen molar-refractivity contribution in [3.8, 4) is 0 Å². The van der Waals surface area contributed by atoms with Crippen molar-refractivity contribution >= 4 is 0 Å². The van der Waals surface area contributed by atoms with Crippen molar-refractivity contribution < 1.29 is 5.11 Å². The summed E-state index contributed by atoms with van der Waals surface area (Å²) in [4.78, 5) is 2.61. The largest absolute Gasteiger partial charge is 0.396 e. The number of piperidine rings is 1. The maximum absolute atomic E-state index is 9.12. The minimum atomic E-state index is 0.323. The summed E-state index contributed by atoms with van der Waals surface area (Å²) in [6.45, 7) is 9.98. The van der Waals surface area contributed by atoms with Crippen LogP contribution in [0.1, 0.15) is 46.0 Å². The van der Waals surface area contributed by atoms with Crippen LogP contribution in [0.5, 0.6) is 0 Å². The minimum absolute atomic E-state index is 0.323. The predicted octanol–water partition coefficient (Wildman–Crippen LogP) is 2.82. The third-order valence-corrected chi connectivity index (χ3v) is 4.02. The van der Waals surface area contributed by atoms with E-state index in [-0.39, 0.29) is 0 Å². The van der Waals surface area contributed by atoms with Crippen molar-refractivity contribution in [2.24, 2.45) is 5.92 Å². The Labute approximate surface area is 100 Å². The van der Waals surface area contributed by atoms with Crippen molar-refractivity contribution in [2.45, 2.75) is 58.0 Å². The molecule has 1 aliphatic heterocycles. The molecule has 0 radical (unpaired) electrons. The van der Waals surface area contributed by atoms with E-state index in [4.69, 9.17) is 5.11 Å². The molecule has 1 rings (SSSR count). The van der Waals surface area contributed by atoms with E-state index in [0.717, 1.165) is 12.8 Å². The Morgan fingerprint density at radius 2 is 2.19 bits per heavy atom. The second kappa shape index (κ2) is 7.08. The van der Waals surface area contributed by atoms with Crippen LogP contribution in [-0.4, -0.2) is 35.2 Å². The molecule has 0 aliphatic carbocycles. The maximum Gasteiger partial charge on any atom is 0.0445 e. The zero-order valence-electron chi connectivity index (χ0n) is 10.9. The Morgan fingerprint density at radius 3 is 2.81 bits per heavy atom. The lowest BCUT2D eigenvalue weighted by Gasteiger charge is -2.42. The van der Waals surface area contributed by atoms with Crippen LogP contribution in [0.2, 0.25) is 0 Å². The first-order chi connectivity index (χ1) is 7.70. The van der Waals surface area contributed by atoms with Crippen molar-refractivity contribution in [3.05, 3.63) is 12.7 Å². The van der Waals surface area contributed by atoms with Crippen LogP contribution in [0.25, 0.3) is 0 Å². The van der Waals surface area contributed by atoms with Gasteiger partial charge in [0.1, 0.15) is 0 Å². The van der Waals surface area contributed by atoms with Gasteiger partial charge in [-0.3, -0.25) is 4.90 Å². The Hall–Kier alpha value is -0.340. The molecular formula is C14H27NO. The fourth-order valence-corrected chi connectivity index (χ4v) is 2.80. The van der Waals surface area contributed by atoms with Crippen molar-refractivity contribution in [1.82, 2.24) is 4.90 Å². The Balaban J connectivity index is 2.55. The first kappa shape index (κ1) is 13.7. The minimum Gasteiger partial charge on any atom is -0.396 e. The van der Waals surface area contributed by atoms with Crippen LogP contribution in [0.15, 0.2) is 12.7 Å². The maximum atomic E-state index is 9.12. The second-order valence-corrected chi connectivity index (χ2v) is 5.14. The van der Waals surface area contributed by atoms with Gasteiger partial charge in [0.25, 0.3) is 0 Å². The van der Waals surface area contributed by atoms with Crippen LogP contribution in [0.3, 0.4) is 0 Å². The lowest BCUT2D eigenvalue weighted by molar-refractivity contribution is 0.0598. The van der Waals surface area contributed by atoms with Crippen LogP contribution in [-0.2, 0) is 0 Å². The number of aliphatic hydroxyl groups is 1. The van der Waals surface area contributed by atoms with E-state index in [1.807, 2.05) is 6.08 Å². The Morgan fingerprint density at radius 1 is 1.44 bits per heavy atom. The molecule has 1 saturated heterocycles. The molecule has 3 atom stereocenters. The smallest absolute Gasteiger partial charge is 0.0445 e. The molecule has 3 unspecified atom stereocenters. The van der Waals surface area contributed by atoms with Crippen molar-refractivity contribution in [2.75, 3.05) is 13.2 Å². The van der Waals surface area contributed by atoms with Gasteiger partial charge in [0.15, 0.2) is 0 Å². The third kappa shape index (κ3) is 3.60. The lowest BCUT2D eigenvalue weighted by Crippen LogP contribution is -2.47. The second-order valence-electron chi connectivity index (χ2n) is 5.14. The van der Waals surface area contributed by atoms with Gasteiger partial charge in [-0.15, -0.1) is 6.58 Å². The summed E-state index contributed by atoms with van der Waals surface area (Å²) in [6.07, 6.45) is 7.93. The average molecular weight is 225 g/mol. The molecule has 0 bridgehead atoms. The summed E-state index contributed by atoms with van der Waals surface area (Å²) in [6, 6.07) is 1.20. The lowest BCUT2D eigenvalue weighted by atomic mass is 9.92. The van der Waals surface area contributed by atoms with Crippen LogP contribution >= 0.6 is 0 Å². The highest BCUT2D eigenvalue weighted by Gasteiger charge is 2.28. The zero-order valence-corrected chi connectivity index (χ0v) is 10.9. The number of hydrogen-bond donors (Lipinski definition) is 1. The topological polar surface area (TPSA) is 23.5 Å². The Bertz CT molecular complexity index is 203. The van der Waals surface area contributed by atoms with Gasteiger partial charge in [-0.2, -0.15) is 0 Å².